The van der Waals surface area contributed by atoms with E-state index in [2.05, 4.69) is 19.9 Å². The first-order chi connectivity index (χ1) is 13.8. The van der Waals surface area contributed by atoms with E-state index in [0.29, 0.717) is 24.4 Å². The summed E-state index contributed by atoms with van der Waals surface area (Å²) < 4.78 is 0. The first-order valence-electron chi connectivity index (χ1n) is 10.3. The molecule has 5 nitrogen and oxygen atoms in total. The molecule has 0 aliphatic carbocycles. The number of carboxylic acid groups (broad SMARTS) is 1. The SMILES string of the molecule is CC1C[NH+](CC(Cc2ccccc2)C(=O)O)CCC1(C)c1cccc(C(N)=O)c1. The summed E-state index contributed by atoms with van der Waals surface area (Å²) in [5, 5.41) is 9.74. The van der Waals surface area contributed by atoms with Crippen molar-refractivity contribution in [3.63, 3.8) is 0 Å². The lowest BCUT2D eigenvalue weighted by atomic mass is 9.67. The van der Waals surface area contributed by atoms with Gasteiger partial charge in [0.05, 0.1) is 19.6 Å². The van der Waals surface area contributed by atoms with E-state index in [1.54, 1.807) is 6.07 Å². The fourth-order valence-electron chi connectivity index (χ4n) is 4.58. The van der Waals surface area contributed by atoms with Gasteiger partial charge in [0.25, 0.3) is 0 Å². The quantitative estimate of drug-likeness (QED) is 0.670. The number of hydrogen-bond acceptors (Lipinski definition) is 2. The van der Waals surface area contributed by atoms with Crippen LogP contribution in [-0.2, 0) is 16.6 Å². The van der Waals surface area contributed by atoms with E-state index in [1.165, 1.54) is 4.90 Å². The van der Waals surface area contributed by atoms with Crippen LogP contribution in [-0.4, -0.2) is 36.6 Å². The van der Waals surface area contributed by atoms with Crippen LogP contribution in [0.2, 0.25) is 0 Å². The molecule has 4 atom stereocenters. The second-order valence-corrected chi connectivity index (χ2v) is 8.65. The molecular formula is C24H31N2O3+. The summed E-state index contributed by atoms with van der Waals surface area (Å²) in [6.07, 6.45) is 1.51. The Morgan fingerprint density at radius 1 is 1.21 bits per heavy atom. The number of primary amides is 1. The largest absolute Gasteiger partial charge is 0.481 e. The summed E-state index contributed by atoms with van der Waals surface area (Å²) in [7, 11) is 0. The van der Waals surface area contributed by atoms with Gasteiger partial charge in [-0.25, -0.2) is 0 Å². The van der Waals surface area contributed by atoms with Crippen molar-refractivity contribution in [2.75, 3.05) is 19.6 Å². The maximum atomic E-state index is 11.9. The molecule has 5 heteroatoms. The molecule has 1 saturated heterocycles. The van der Waals surface area contributed by atoms with E-state index in [-0.39, 0.29) is 11.3 Å². The van der Waals surface area contributed by atoms with E-state index >= 15 is 0 Å². The predicted octanol–water partition coefficient (Wildman–Crippen LogP) is 1.91. The van der Waals surface area contributed by atoms with Crippen LogP contribution in [0.5, 0.6) is 0 Å². The zero-order chi connectivity index (χ0) is 21.0. The molecule has 0 bridgehead atoms. The number of quaternary nitrogens is 1. The molecule has 154 valence electrons. The molecular weight excluding hydrogens is 364 g/mol. The van der Waals surface area contributed by atoms with E-state index in [1.807, 2.05) is 42.5 Å². The van der Waals surface area contributed by atoms with Gasteiger partial charge in [-0.15, -0.1) is 0 Å². The molecule has 2 aromatic rings. The molecule has 2 aromatic carbocycles. The maximum absolute atomic E-state index is 11.9. The summed E-state index contributed by atoms with van der Waals surface area (Å²) in [6.45, 7) is 6.93. The fourth-order valence-corrected chi connectivity index (χ4v) is 4.58. The Labute approximate surface area is 172 Å². The molecule has 0 spiro atoms. The van der Waals surface area contributed by atoms with Crippen LogP contribution >= 0.6 is 0 Å². The zero-order valence-electron chi connectivity index (χ0n) is 17.2. The number of carbonyl (C=O) groups is 2. The lowest BCUT2D eigenvalue weighted by Crippen LogP contribution is -3.15. The summed E-state index contributed by atoms with van der Waals surface area (Å²) in [4.78, 5) is 24.8. The van der Waals surface area contributed by atoms with Crippen molar-refractivity contribution in [3.05, 3.63) is 71.3 Å². The number of rotatable bonds is 7. The number of piperidine rings is 1. The van der Waals surface area contributed by atoms with Gasteiger partial charge in [0.1, 0.15) is 5.92 Å². The number of amides is 1. The van der Waals surface area contributed by atoms with Crippen LogP contribution < -0.4 is 10.6 Å². The number of aliphatic carboxylic acids is 1. The number of carboxylic acids is 1. The Kier molecular flexibility index (Phi) is 6.38. The normalized spacial score (nSPS) is 25.3. The summed E-state index contributed by atoms with van der Waals surface area (Å²) in [5.74, 6) is -1.16. The monoisotopic (exact) mass is 395 g/mol. The molecule has 0 aromatic heterocycles. The Hall–Kier alpha value is -2.66. The molecule has 1 fully saturated rings. The third-order valence-corrected chi connectivity index (χ3v) is 6.70. The molecule has 1 aliphatic heterocycles. The van der Waals surface area contributed by atoms with Gasteiger partial charge in [0.2, 0.25) is 5.91 Å². The Balaban J connectivity index is 1.69. The molecule has 0 saturated carbocycles. The number of hydrogen-bond donors (Lipinski definition) is 3. The van der Waals surface area contributed by atoms with Crippen molar-refractivity contribution in [3.8, 4) is 0 Å². The van der Waals surface area contributed by atoms with E-state index in [9.17, 15) is 14.7 Å². The highest BCUT2D eigenvalue weighted by atomic mass is 16.4. The minimum absolute atomic E-state index is 0.0485. The average Bonchev–Trinajstić information content (AvgIpc) is 2.71. The molecule has 4 N–H and O–H groups in total. The van der Waals surface area contributed by atoms with Crippen LogP contribution in [0.1, 0.15) is 41.8 Å². The van der Waals surface area contributed by atoms with E-state index < -0.39 is 11.9 Å². The van der Waals surface area contributed by atoms with Gasteiger partial charge >= 0.3 is 5.97 Å². The number of carbonyl (C=O) groups excluding carboxylic acids is 1. The lowest BCUT2D eigenvalue weighted by molar-refractivity contribution is -0.912. The highest BCUT2D eigenvalue weighted by Crippen LogP contribution is 2.36. The van der Waals surface area contributed by atoms with Crippen LogP contribution in [0.4, 0.5) is 0 Å². The Bertz CT molecular complexity index is 867. The first kappa shape index (κ1) is 21.1. The molecule has 1 aliphatic rings. The topological polar surface area (TPSA) is 84.8 Å². The Morgan fingerprint density at radius 3 is 2.55 bits per heavy atom. The van der Waals surface area contributed by atoms with E-state index in [0.717, 1.165) is 30.6 Å². The molecule has 0 radical (unpaired) electrons. The van der Waals surface area contributed by atoms with E-state index in [4.69, 9.17) is 5.73 Å². The van der Waals surface area contributed by atoms with Gasteiger partial charge in [0.15, 0.2) is 0 Å². The van der Waals surface area contributed by atoms with Gasteiger partial charge in [-0.2, -0.15) is 0 Å². The number of benzene rings is 2. The molecule has 1 heterocycles. The summed E-state index contributed by atoms with van der Waals surface area (Å²) >= 11 is 0. The van der Waals surface area contributed by atoms with Crippen LogP contribution in [0.3, 0.4) is 0 Å². The minimum Gasteiger partial charge on any atom is -0.481 e. The van der Waals surface area contributed by atoms with Crippen molar-refractivity contribution in [1.29, 1.82) is 0 Å². The van der Waals surface area contributed by atoms with Crippen molar-refractivity contribution in [1.82, 2.24) is 0 Å². The highest BCUT2D eigenvalue weighted by Gasteiger charge is 2.41. The number of nitrogens with two attached hydrogens (primary N) is 1. The zero-order valence-corrected chi connectivity index (χ0v) is 17.2. The number of nitrogens with one attached hydrogen (secondary N) is 1. The van der Waals surface area contributed by atoms with Crippen molar-refractivity contribution < 1.29 is 19.6 Å². The van der Waals surface area contributed by atoms with Crippen molar-refractivity contribution >= 4 is 11.9 Å². The predicted molar refractivity (Wildman–Crippen MR) is 113 cm³/mol. The van der Waals surface area contributed by atoms with Gasteiger partial charge in [-0.05, 0) is 29.7 Å². The lowest BCUT2D eigenvalue weighted by Gasteiger charge is -2.43. The van der Waals surface area contributed by atoms with Gasteiger partial charge in [0, 0.05) is 23.3 Å². The molecule has 1 amide bonds. The van der Waals surface area contributed by atoms with Crippen LogP contribution in [0, 0.1) is 11.8 Å². The standard InChI is InChI=1S/C24H30N2O3/c1-17-15-26(16-20(23(28)29)13-18-7-4-3-5-8-18)12-11-24(17,2)21-10-6-9-19(14-21)22(25)27/h3-10,14,17,20H,11-13,15-16H2,1-2H3,(H2,25,27)(H,28,29)/p+1. The van der Waals surface area contributed by atoms with Crippen molar-refractivity contribution in [2.45, 2.75) is 32.1 Å². The number of likely N-dealkylation sites (tertiary alicyclic amines) is 1. The third-order valence-electron chi connectivity index (χ3n) is 6.70. The van der Waals surface area contributed by atoms with Crippen molar-refractivity contribution in [2.24, 2.45) is 17.6 Å². The summed E-state index contributed by atoms with van der Waals surface area (Å²) in [6, 6.07) is 17.5. The molecule has 29 heavy (non-hydrogen) atoms. The van der Waals surface area contributed by atoms with Gasteiger partial charge in [-0.3, -0.25) is 9.59 Å². The second kappa shape index (κ2) is 8.78. The van der Waals surface area contributed by atoms with Gasteiger partial charge in [-0.1, -0.05) is 56.3 Å². The Morgan fingerprint density at radius 2 is 1.93 bits per heavy atom. The maximum Gasteiger partial charge on any atom is 0.312 e. The fraction of sp³-hybridized carbons (Fsp3) is 0.417. The average molecular weight is 396 g/mol. The van der Waals surface area contributed by atoms with Crippen LogP contribution in [0.15, 0.2) is 54.6 Å². The molecule has 4 unspecified atom stereocenters. The summed E-state index contributed by atoms with van der Waals surface area (Å²) in [5.41, 5.74) is 8.16. The molecule has 3 rings (SSSR count). The smallest absolute Gasteiger partial charge is 0.312 e. The van der Waals surface area contributed by atoms with Crippen LogP contribution in [0.25, 0.3) is 0 Å². The highest BCUT2D eigenvalue weighted by molar-refractivity contribution is 5.92. The first-order valence-corrected chi connectivity index (χ1v) is 10.3. The minimum atomic E-state index is -0.725. The second-order valence-electron chi connectivity index (χ2n) is 8.65. The third kappa shape index (κ3) is 4.85. The van der Waals surface area contributed by atoms with Gasteiger partial charge < -0.3 is 15.7 Å².